The minimum atomic E-state index is -1.37. The van der Waals surface area contributed by atoms with Gasteiger partial charge >= 0.3 is 23.4 Å². The van der Waals surface area contributed by atoms with Crippen LogP contribution in [-0.4, -0.2) is 98.9 Å². The first kappa shape index (κ1) is 32.1. The van der Waals surface area contributed by atoms with E-state index in [2.05, 4.69) is 31.4 Å². The Morgan fingerprint density at radius 1 is 1.27 bits per heavy atom. The summed E-state index contributed by atoms with van der Waals surface area (Å²) in [4.78, 5) is 78.3. The van der Waals surface area contributed by atoms with Crippen LogP contribution in [-0.2, 0) is 35.8 Å². The molecule has 2 amide bonds. The molecule has 222 valence electrons. The second-order valence-electron chi connectivity index (χ2n) is 9.59. The van der Waals surface area contributed by atoms with E-state index >= 15 is 0 Å². The molecule has 0 spiro atoms. The van der Waals surface area contributed by atoms with Gasteiger partial charge in [-0.1, -0.05) is 16.9 Å². The minimum absolute atomic E-state index is 0.0315. The molecular formula is C22H25BrN6O10S2. The van der Waals surface area contributed by atoms with Gasteiger partial charge in [-0.15, -0.1) is 16.9 Å². The van der Waals surface area contributed by atoms with Gasteiger partial charge in [0.05, 0.1) is 21.6 Å². The molecule has 2 aliphatic heterocycles. The SMILES string of the molecule is CC(=O)C(=NO)C(=O)N(Br)[C@@H]1C(=O)N2C(C(=O)O)=C(CSc3nc(=O)c(OCOC(=O)C(C)(C)C)nn3C)CS[C@H]12. The highest BCUT2D eigenvalue weighted by atomic mass is 79.9. The maximum absolute atomic E-state index is 13.0. The van der Waals surface area contributed by atoms with Crippen LogP contribution in [0.25, 0.3) is 0 Å². The number of fused-ring (bicyclic) bond motifs is 1. The zero-order valence-electron chi connectivity index (χ0n) is 22.3. The number of carbonyl (C=O) groups is 5. The molecule has 2 N–H and O–H groups in total. The number of halogens is 1. The van der Waals surface area contributed by atoms with E-state index in [1.807, 2.05) is 0 Å². The Balaban J connectivity index is 1.73. The average Bonchev–Trinajstić information content (AvgIpc) is 2.88. The summed E-state index contributed by atoms with van der Waals surface area (Å²) in [6.07, 6.45) is 0. The molecule has 3 rings (SSSR count). The van der Waals surface area contributed by atoms with E-state index in [1.165, 1.54) is 23.5 Å². The van der Waals surface area contributed by atoms with Crippen LogP contribution < -0.4 is 10.3 Å². The topological polar surface area (TPSA) is 211 Å². The molecule has 0 radical (unpaired) electrons. The number of β-lactam (4-membered cyclic amide) rings is 1. The van der Waals surface area contributed by atoms with Crippen LogP contribution in [0.1, 0.15) is 27.7 Å². The van der Waals surface area contributed by atoms with E-state index in [-0.39, 0.29) is 22.4 Å². The van der Waals surface area contributed by atoms with Crippen molar-refractivity contribution in [2.24, 2.45) is 17.6 Å². The lowest BCUT2D eigenvalue weighted by molar-refractivity contribution is -0.160. The van der Waals surface area contributed by atoms with E-state index in [9.17, 15) is 33.9 Å². The number of hydrogen-bond acceptors (Lipinski definition) is 14. The maximum Gasteiger partial charge on any atom is 0.352 e. The number of rotatable bonds is 10. The number of ketones is 1. The number of carbonyl (C=O) groups excluding carboxylic acids is 4. The van der Waals surface area contributed by atoms with Crippen LogP contribution >= 0.6 is 39.7 Å². The quantitative estimate of drug-likeness (QED) is 0.0395. The van der Waals surface area contributed by atoms with Crippen molar-refractivity contribution in [3.63, 3.8) is 0 Å². The molecule has 1 saturated heterocycles. The summed E-state index contributed by atoms with van der Waals surface area (Å²) in [5.74, 6) is -4.73. The third-order valence-electron chi connectivity index (χ3n) is 5.57. The molecule has 2 aliphatic rings. The van der Waals surface area contributed by atoms with E-state index in [4.69, 9.17) is 14.7 Å². The van der Waals surface area contributed by atoms with Gasteiger partial charge < -0.3 is 19.8 Å². The highest BCUT2D eigenvalue weighted by molar-refractivity contribution is 9.07. The predicted octanol–water partition coefficient (Wildman–Crippen LogP) is 0.373. The number of hydrogen-bond donors (Lipinski definition) is 2. The fourth-order valence-corrected chi connectivity index (χ4v) is 6.65. The van der Waals surface area contributed by atoms with E-state index in [1.54, 1.807) is 20.8 Å². The smallest absolute Gasteiger partial charge is 0.352 e. The van der Waals surface area contributed by atoms with Crippen molar-refractivity contribution in [3.8, 4) is 5.88 Å². The van der Waals surface area contributed by atoms with Crippen LogP contribution in [0.15, 0.2) is 26.4 Å². The van der Waals surface area contributed by atoms with Crippen LogP contribution in [0, 0.1) is 5.41 Å². The van der Waals surface area contributed by atoms with Crippen LogP contribution in [0.5, 0.6) is 5.88 Å². The van der Waals surface area contributed by atoms with Gasteiger partial charge in [0.2, 0.25) is 12.5 Å². The van der Waals surface area contributed by atoms with Crippen molar-refractivity contribution < 1.29 is 43.8 Å². The molecule has 2 atom stereocenters. The number of Topliss-reactive ketones (excluding diaryl/α,β-unsaturated/α-hetero) is 1. The number of ether oxygens (including phenoxy) is 2. The Morgan fingerprint density at radius 2 is 1.93 bits per heavy atom. The molecule has 1 aromatic heterocycles. The third-order valence-corrected chi connectivity index (χ3v) is 8.76. The second kappa shape index (κ2) is 12.6. The standard InChI is InChI=1S/C22H25BrN6O10S2/c1-9(30)11(26-37)16(32)29(23)13-17(33)28-12(19(34)35)10(6-40-18(13)28)7-41-21-24-14(31)15(25-27(21)5)38-8-39-20(36)22(2,3)4/h13,18,37H,6-8H2,1-5H3,(H,34,35)/t13-,18-/m1/s1. The molecule has 16 nitrogen and oxygen atoms in total. The zero-order chi connectivity index (χ0) is 30.8. The molecule has 0 saturated carbocycles. The molecule has 1 fully saturated rings. The number of esters is 1. The molecule has 0 aliphatic carbocycles. The minimum Gasteiger partial charge on any atom is -0.477 e. The van der Waals surface area contributed by atoms with Crippen molar-refractivity contribution in [1.82, 2.24) is 23.6 Å². The van der Waals surface area contributed by atoms with Crippen molar-refractivity contribution in [2.45, 2.75) is 44.3 Å². The molecule has 1 aromatic rings. The first-order valence-corrected chi connectivity index (χ1v) is 14.3. The summed E-state index contributed by atoms with van der Waals surface area (Å²) in [6, 6.07) is -1.16. The Kier molecular flexibility index (Phi) is 9.85. The Bertz CT molecular complexity index is 1420. The molecule has 41 heavy (non-hydrogen) atoms. The second-order valence-corrected chi connectivity index (χ2v) is 12.4. The number of aliphatic carboxylic acids is 1. The van der Waals surface area contributed by atoms with Gasteiger partial charge in [0.25, 0.3) is 11.8 Å². The number of thioether (sulfide) groups is 2. The molecule has 3 heterocycles. The molecule has 0 bridgehead atoms. The van der Waals surface area contributed by atoms with E-state index in [0.29, 0.717) is 5.57 Å². The first-order chi connectivity index (χ1) is 19.1. The van der Waals surface area contributed by atoms with Gasteiger partial charge in [-0.2, -0.15) is 4.98 Å². The monoisotopic (exact) mass is 676 g/mol. The highest BCUT2D eigenvalue weighted by Gasteiger charge is 2.57. The summed E-state index contributed by atoms with van der Waals surface area (Å²) in [5.41, 5.74) is -2.32. The summed E-state index contributed by atoms with van der Waals surface area (Å²) >= 11 is 5.13. The number of carboxylic acid groups (broad SMARTS) is 1. The van der Waals surface area contributed by atoms with Crippen LogP contribution in [0.2, 0.25) is 0 Å². The van der Waals surface area contributed by atoms with Crippen molar-refractivity contribution >= 4 is 74.9 Å². The summed E-state index contributed by atoms with van der Waals surface area (Å²) < 4.78 is 12.1. The van der Waals surface area contributed by atoms with Crippen molar-refractivity contribution in [2.75, 3.05) is 18.3 Å². The van der Waals surface area contributed by atoms with Gasteiger partial charge in [-0.05, 0) is 26.3 Å². The van der Waals surface area contributed by atoms with Gasteiger partial charge in [0.15, 0.2) is 17.0 Å². The normalized spacial score (nSPS) is 18.8. The number of aromatic nitrogens is 3. The van der Waals surface area contributed by atoms with Crippen molar-refractivity contribution in [1.29, 1.82) is 0 Å². The predicted molar refractivity (Wildman–Crippen MR) is 146 cm³/mol. The summed E-state index contributed by atoms with van der Waals surface area (Å²) in [7, 11) is 1.48. The Morgan fingerprint density at radius 3 is 2.49 bits per heavy atom. The van der Waals surface area contributed by atoms with Gasteiger partial charge in [-0.25, -0.2) is 9.48 Å². The van der Waals surface area contributed by atoms with E-state index in [0.717, 1.165) is 27.5 Å². The largest absolute Gasteiger partial charge is 0.477 e. The van der Waals surface area contributed by atoms with Gasteiger partial charge in [-0.3, -0.25) is 32.8 Å². The van der Waals surface area contributed by atoms with Crippen LogP contribution in [0.4, 0.5) is 0 Å². The van der Waals surface area contributed by atoms with E-state index < -0.39 is 70.3 Å². The fourth-order valence-electron chi connectivity index (χ4n) is 3.49. The molecular weight excluding hydrogens is 652 g/mol. The lowest BCUT2D eigenvalue weighted by atomic mass is 9.98. The zero-order valence-corrected chi connectivity index (χ0v) is 25.5. The fraction of sp³-hybridized carbons (Fsp3) is 0.500. The lowest BCUT2D eigenvalue weighted by Crippen LogP contribution is -2.70. The third kappa shape index (κ3) is 6.72. The number of nitrogens with zero attached hydrogens (tertiary/aromatic N) is 6. The highest BCUT2D eigenvalue weighted by Crippen LogP contribution is 2.44. The molecule has 0 aromatic carbocycles. The Hall–Kier alpha value is -3.45. The van der Waals surface area contributed by atoms with Gasteiger partial charge in [0, 0.05) is 25.5 Å². The van der Waals surface area contributed by atoms with Crippen molar-refractivity contribution in [3.05, 3.63) is 21.6 Å². The Labute approximate surface area is 249 Å². The van der Waals surface area contributed by atoms with Crippen LogP contribution in [0.3, 0.4) is 0 Å². The summed E-state index contributed by atoms with van der Waals surface area (Å²) in [5, 5.41) is 24.9. The molecule has 19 heteroatoms. The number of amides is 2. The lowest BCUT2D eigenvalue weighted by Gasteiger charge is -2.51. The average molecular weight is 678 g/mol. The first-order valence-electron chi connectivity index (χ1n) is 11.6. The number of carboxylic acids is 1. The number of aryl methyl sites for hydroxylation is 1. The maximum atomic E-state index is 13.0. The molecule has 0 unspecified atom stereocenters. The van der Waals surface area contributed by atoms with Gasteiger partial charge in [0.1, 0.15) is 11.1 Å². The summed E-state index contributed by atoms with van der Waals surface area (Å²) in [6.45, 7) is 5.45. The number of oxime groups is 1.